The normalized spacial score (nSPS) is 26.2. The number of hydrogen-bond acceptors (Lipinski definition) is 3. The van der Waals surface area contributed by atoms with Crippen LogP contribution in [0.25, 0.3) is 100 Å². The van der Waals surface area contributed by atoms with Crippen LogP contribution in [0.2, 0.25) is 0 Å². The van der Waals surface area contributed by atoms with Crippen molar-refractivity contribution in [1.29, 1.82) is 0 Å². The predicted octanol–water partition coefficient (Wildman–Crippen LogP) is 17.7. The molecule has 8 aliphatic carbocycles. The fourth-order valence-electron chi connectivity index (χ4n) is 17.9. The highest BCUT2D eigenvalue weighted by atomic mass is 15.0. The molecule has 0 saturated heterocycles. The van der Waals surface area contributed by atoms with Crippen LogP contribution in [0.3, 0.4) is 0 Å². The number of rotatable bonds is 8. The Morgan fingerprint density at radius 1 is 0.316 bits per heavy atom. The van der Waals surface area contributed by atoms with Gasteiger partial charge in [-0.3, -0.25) is 0 Å². The van der Waals surface area contributed by atoms with Gasteiger partial charge in [0.15, 0.2) is 17.5 Å². The van der Waals surface area contributed by atoms with Gasteiger partial charge in [-0.05, 0) is 212 Å². The zero-order chi connectivity index (χ0) is 49.7. The summed E-state index contributed by atoms with van der Waals surface area (Å²) in [6.45, 7) is 0. The Hall–Kier alpha value is -7.63. The van der Waals surface area contributed by atoms with Gasteiger partial charge in [-0.1, -0.05) is 121 Å². The summed E-state index contributed by atoms with van der Waals surface area (Å²) in [4.78, 5) is 16.6. The molecular formula is C71H61N5. The van der Waals surface area contributed by atoms with Crippen molar-refractivity contribution in [2.24, 2.45) is 35.5 Å². The van der Waals surface area contributed by atoms with Crippen LogP contribution in [0.15, 0.2) is 188 Å². The van der Waals surface area contributed by atoms with E-state index in [1.165, 1.54) is 126 Å². The van der Waals surface area contributed by atoms with Gasteiger partial charge in [0, 0.05) is 49.6 Å². The van der Waals surface area contributed by atoms with Gasteiger partial charge in [0.05, 0.1) is 22.1 Å². The van der Waals surface area contributed by atoms with E-state index in [0.29, 0.717) is 28.3 Å². The van der Waals surface area contributed by atoms with Gasteiger partial charge in [-0.25, -0.2) is 15.0 Å². The van der Waals surface area contributed by atoms with Gasteiger partial charge in [0.25, 0.3) is 0 Å². The highest BCUT2D eigenvalue weighted by Gasteiger charge is 2.53. The highest BCUT2D eigenvalue weighted by Crippen LogP contribution is 2.62. The Labute approximate surface area is 444 Å². The zero-order valence-electron chi connectivity index (χ0n) is 43.1. The fourth-order valence-corrected chi connectivity index (χ4v) is 17.9. The lowest BCUT2D eigenvalue weighted by molar-refractivity contribution is -0.00530. The van der Waals surface area contributed by atoms with Crippen LogP contribution in [0.5, 0.6) is 0 Å². The molecule has 8 fully saturated rings. The second-order valence-electron chi connectivity index (χ2n) is 24.9. The molecule has 5 heteroatoms. The lowest BCUT2D eigenvalue weighted by Crippen LogP contribution is -2.48. The lowest BCUT2D eigenvalue weighted by Gasteiger charge is -2.57. The van der Waals surface area contributed by atoms with Gasteiger partial charge in [-0.2, -0.15) is 0 Å². The Bertz CT molecular complexity index is 4040. The monoisotopic (exact) mass is 983 g/mol. The molecule has 76 heavy (non-hydrogen) atoms. The standard InChI is InChI=1S/C71H61N5/c1-3-11-56(12-4-1)75-62-17-9-7-15-58(62)61-35-52(23-28-64(61)75)68-72-67(51-21-26-55(27-22-51)71-41-47-32-48(42-71)34-49(33-47)43-71)73-69(74-68)53-36-60(50-19-24-54(25-20-50)70-38-44-29-45(39-70)31-46(30-44)40-70)66-59-16-8-10-18-63(59)76(65(66)37-53)57-13-5-2-6-14-57/h1-28,35-37,44-49H,29-34,38-43H2. The van der Waals surface area contributed by atoms with E-state index >= 15 is 0 Å². The molecule has 3 aromatic heterocycles. The Morgan fingerprint density at radius 2 is 0.724 bits per heavy atom. The summed E-state index contributed by atoms with van der Waals surface area (Å²) in [7, 11) is 0. The van der Waals surface area contributed by atoms with Gasteiger partial charge in [0.1, 0.15) is 0 Å². The van der Waals surface area contributed by atoms with Crippen LogP contribution in [-0.4, -0.2) is 24.1 Å². The molecule has 0 amide bonds. The van der Waals surface area contributed by atoms with Crippen molar-refractivity contribution < 1.29 is 0 Å². The summed E-state index contributed by atoms with van der Waals surface area (Å²) >= 11 is 0. The van der Waals surface area contributed by atoms with E-state index in [9.17, 15) is 0 Å². The zero-order valence-corrected chi connectivity index (χ0v) is 43.1. The maximum atomic E-state index is 5.58. The van der Waals surface area contributed by atoms with Crippen molar-refractivity contribution in [3.8, 4) is 56.7 Å². The molecule has 8 aliphatic rings. The minimum Gasteiger partial charge on any atom is -0.309 e. The second-order valence-corrected chi connectivity index (χ2v) is 24.9. The van der Waals surface area contributed by atoms with Crippen molar-refractivity contribution in [3.63, 3.8) is 0 Å². The smallest absolute Gasteiger partial charge is 0.164 e. The van der Waals surface area contributed by atoms with Gasteiger partial charge in [-0.15, -0.1) is 0 Å². The first-order valence-electron chi connectivity index (χ1n) is 28.7. The Morgan fingerprint density at radius 3 is 1.26 bits per heavy atom. The summed E-state index contributed by atoms with van der Waals surface area (Å²) in [6.07, 6.45) is 16.8. The van der Waals surface area contributed by atoms with Crippen LogP contribution in [0, 0.1) is 35.5 Å². The average molecular weight is 984 g/mol. The van der Waals surface area contributed by atoms with Gasteiger partial charge < -0.3 is 9.13 Å². The number of fused-ring (bicyclic) bond motifs is 6. The van der Waals surface area contributed by atoms with E-state index in [4.69, 9.17) is 15.0 Å². The third kappa shape index (κ3) is 6.72. The first-order valence-corrected chi connectivity index (χ1v) is 28.7. The van der Waals surface area contributed by atoms with Crippen LogP contribution in [-0.2, 0) is 10.8 Å². The average Bonchev–Trinajstić information content (AvgIpc) is 3.98. The number of para-hydroxylation sites is 4. The molecule has 0 N–H and O–H groups in total. The molecule has 0 radical (unpaired) electrons. The largest absolute Gasteiger partial charge is 0.309 e. The molecule has 370 valence electrons. The molecule has 8 saturated carbocycles. The number of aromatic nitrogens is 5. The maximum Gasteiger partial charge on any atom is 0.164 e. The predicted molar refractivity (Wildman–Crippen MR) is 310 cm³/mol. The summed E-state index contributed by atoms with van der Waals surface area (Å²) in [5.74, 6) is 7.43. The van der Waals surface area contributed by atoms with Crippen molar-refractivity contribution in [2.75, 3.05) is 0 Å². The maximum absolute atomic E-state index is 5.58. The minimum absolute atomic E-state index is 0.313. The van der Waals surface area contributed by atoms with Gasteiger partial charge in [0.2, 0.25) is 0 Å². The first-order chi connectivity index (χ1) is 37.5. The van der Waals surface area contributed by atoms with E-state index < -0.39 is 0 Å². The van der Waals surface area contributed by atoms with Crippen molar-refractivity contribution in [1.82, 2.24) is 24.1 Å². The van der Waals surface area contributed by atoms with E-state index in [-0.39, 0.29) is 0 Å². The van der Waals surface area contributed by atoms with Crippen molar-refractivity contribution in [3.05, 3.63) is 199 Å². The molecule has 0 unspecified atom stereocenters. The fraction of sp³-hybridized carbons (Fsp3) is 0.282. The van der Waals surface area contributed by atoms with Crippen LogP contribution < -0.4 is 0 Å². The number of benzene rings is 8. The molecule has 3 heterocycles. The summed E-state index contributed by atoms with van der Waals surface area (Å²) in [5.41, 5.74) is 16.1. The van der Waals surface area contributed by atoms with E-state index in [1.54, 1.807) is 5.56 Å². The minimum atomic E-state index is 0.313. The first kappa shape index (κ1) is 43.6. The Balaban J connectivity index is 0.867. The van der Waals surface area contributed by atoms with E-state index in [1.807, 2.05) is 0 Å². The molecule has 0 atom stereocenters. The van der Waals surface area contributed by atoms with Crippen molar-refractivity contribution in [2.45, 2.75) is 87.9 Å². The van der Waals surface area contributed by atoms with Crippen LogP contribution in [0.1, 0.15) is 88.2 Å². The third-order valence-corrected chi connectivity index (χ3v) is 20.3. The summed E-state index contributed by atoms with van der Waals surface area (Å²) < 4.78 is 4.83. The second kappa shape index (κ2) is 16.4. The van der Waals surface area contributed by atoms with Gasteiger partial charge >= 0.3 is 0 Å². The number of nitrogens with zero attached hydrogens (tertiary/aromatic N) is 5. The molecular weight excluding hydrogens is 923 g/mol. The molecule has 8 bridgehead atoms. The highest BCUT2D eigenvalue weighted by molar-refractivity contribution is 6.17. The quantitative estimate of drug-likeness (QED) is 0.152. The third-order valence-electron chi connectivity index (χ3n) is 20.3. The van der Waals surface area contributed by atoms with E-state index in [0.717, 1.165) is 74.6 Å². The summed E-state index contributed by atoms with van der Waals surface area (Å²) in [5, 5.41) is 4.87. The molecule has 8 aromatic carbocycles. The van der Waals surface area contributed by atoms with E-state index in [2.05, 4.69) is 197 Å². The summed E-state index contributed by atoms with van der Waals surface area (Å²) in [6, 6.07) is 70.2. The Kier molecular flexibility index (Phi) is 9.43. The molecule has 0 aliphatic heterocycles. The van der Waals surface area contributed by atoms with Crippen molar-refractivity contribution >= 4 is 43.6 Å². The van der Waals surface area contributed by atoms with Crippen LogP contribution >= 0.6 is 0 Å². The molecule has 5 nitrogen and oxygen atoms in total. The molecule has 0 spiro atoms. The topological polar surface area (TPSA) is 48.5 Å². The molecule has 19 rings (SSSR count). The SMILES string of the molecule is c1ccc(-n2c3ccccc3c3cc(-c4nc(-c5ccc(C67CC8CC(CC(C8)C6)C7)cc5)nc(-c5cc(-c6ccc(C78CC9CC(CC(C9)C7)C8)cc6)c6c7ccccc7n(-c7ccccc7)c6c5)n4)ccc32)cc1. The van der Waals surface area contributed by atoms with Crippen LogP contribution in [0.4, 0.5) is 0 Å². The number of hydrogen-bond donors (Lipinski definition) is 0. The lowest BCUT2D eigenvalue weighted by atomic mass is 9.48. The molecule has 11 aromatic rings.